The molecule has 8 heteroatoms. The molecule has 2 aliphatic rings. The van der Waals surface area contributed by atoms with Gasteiger partial charge in [-0.3, -0.25) is 4.79 Å². The maximum Gasteiger partial charge on any atom is 0.257 e. The van der Waals surface area contributed by atoms with Gasteiger partial charge < -0.3 is 14.4 Å². The second-order valence-corrected chi connectivity index (χ2v) is 8.82. The van der Waals surface area contributed by atoms with Crippen LogP contribution in [0.15, 0.2) is 23.1 Å². The third-order valence-electron chi connectivity index (χ3n) is 4.96. The molecule has 0 radical (unpaired) electrons. The molecule has 0 aliphatic carbocycles. The lowest BCUT2D eigenvalue weighted by molar-refractivity contribution is 0.0300. The molecule has 0 bridgehead atoms. The lowest BCUT2D eigenvalue weighted by atomic mass is 10.0. The number of amides is 1. The summed E-state index contributed by atoms with van der Waals surface area (Å²) in [5, 5.41) is 0. The number of sulfonamides is 1. The first-order chi connectivity index (χ1) is 12.4. The SMILES string of the molecule is COc1ccc(S(=O)(=O)N2CCC[C@@H](C)C2)cc1C(=O)N1CCOCC1. The minimum atomic E-state index is -3.62. The number of hydrogen-bond donors (Lipinski definition) is 0. The number of hydrogen-bond acceptors (Lipinski definition) is 5. The van der Waals surface area contributed by atoms with E-state index in [2.05, 4.69) is 6.92 Å². The molecule has 0 unspecified atom stereocenters. The number of nitrogens with zero attached hydrogens (tertiary/aromatic N) is 2. The van der Waals surface area contributed by atoms with Crippen molar-refractivity contribution >= 4 is 15.9 Å². The molecule has 1 atom stereocenters. The largest absolute Gasteiger partial charge is 0.496 e. The average molecular weight is 382 g/mol. The summed E-state index contributed by atoms with van der Waals surface area (Å²) in [5.41, 5.74) is 0.278. The molecule has 144 valence electrons. The number of carbonyl (C=O) groups excluding carboxylic acids is 1. The van der Waals surface area contributed by atoms with Crippen LogP contribution in [0.4, 0.5) is 0 Å². The summed E-state index contributed by atoms with van der Waals surface area (Å²) in [5.74, 6) is 0.493. The lowest BCUT2D eigenvalue weighted by Crippen LogP contribution is -2.41. The highest BCUT2D eigenvalue weighted by atomic mass is 32.2. The van der Waals surface area contributed by atoms with Crippen LogP contribution in [-0.2, 0) is 14.8 Å². The van der Waals surface area contributed by atoms with E-state index in [0.29, 0.717) is 51.1 Å². The van der Waals surface area contributed by atoms with Crippen molar-refractivity contribution in [1.82, 2.24) is 9.21 Å². The molecule has 7 nitrogen and oxygen atoms in total. The first-order valence-corrected chi connectivity index (χ1v) is 10.4. The van der Waals surface area contributed by atoms with Gasteiger partial charge in [-0.15, -0.1) is 0 Å². The molecule has 1 amide bonds. The van der Waals surface area contributed by atoms with E-state index in [0.717, 1.165) is 12.8 Å². The Hall–Kier alpha value is -1.64. The lowest BCUT2D eigenvalue weighted by Gasteiger charge is -2.30. The smallest absolute Gasteiger partial charge is 0.257 e. The highest BCUT2D eigenvalue weighted by Crippen LogP contribution is 2.28. The second kappa shape index (κ2) is 7.94. The average Bonchev–Trinajstić information content (AvgIpc) is 2.67. The van der Waals surface area contributed by atoms with Gasteiger partial charge >= 0.3 is 0 Å². The highest BCUT2D eigenvalue weighted by Gasteiger charge is 2.30. The molecule has 2 fully saturated rings. The molecule has 2 saturated heterocycles. The standard InChI is InChI=1S/C18H26N2O5S/c1-14-4-3-7-20(13-14)26(22,23)15-5-6-17(24-2)16(12-15)18(21)19-8-10-25-11-9-19/h5-6,12,14H,3-4,7-11,13H2,1-2H3/t14-/m1/s1. The monoisotopic (exact) mass is 382 g/mol. The van der Waals surface area contributed by atoms with Crippen LogP contribution >= 0.6 is 0 Å². The van der Waals surface area contributed by atoms with E-state index in [1.165, 1.54) is 23.5 Å². The maximum absolute atomic E-state index is 13.0. The van der Waals surface area contributed by atoms with Gasteiger partial charge in [-0.25, -0.2) is 8.42 Å². The van der Waals surface area contributed by atoms with Gasteiger partial charge in [-0.1, -0.05) is 6.92 Å². The van der Waals surface area contributed by atoms with E-state index in [1.807, 2.05) is 0 Å². The number of ether oxygens (including phenoxy) is 2. The van der Waals surface area contributed by atoms with Crippen molar-refractivity contribution in [1.29, 1.82) is 0 Å². The Bertz CT molecular complexity index is 759. The summed E-state index contributed by atoms with van der Waals surface area (Å²) in [6.45, 7) is 5.04. The van der Waals surface area contributed by atoms with Crippen molar-refractivity contribution in [2.45, 2.75) is 24.7 Å². The minimum absolute atomic E-state index is 0.143. The minimum Gasteiger partial charge on any atom is -0.496 e. The molecule has 1 aromatic rings. The third kappa shape index (κ3) is 3.87. The Balaban J connectivity index is 1.92. The quantitative estimate of drug-likeness (QED) is 0.790. The van der Waals surface area contributed by atoms with Crippen molar-refractivity contribution < 1.29 is 22.7 Å². The van der Waals surface area contributed by atoms with Crippen LogP contribution in [0, 0.1) is 5.92 Å². The van der Waals surface area contributed by atoms with Crippen LogP contribution in [-0.4, -0.2) is 70.0 Å². The Morgan fingerprint density at radius 3 is 2.62 bits per heavy atom. The predicted octanol–water partition coefficient (Wildman–Crippen LogP) is 1.59. The van der Waals surface area contributed by atoms with E-state index in [1.54, 1.807) is 11.0 Å². The molecule has 2 aliphatic heterocycles. The number of morpholine rings is 1. The van der Waals surface area contributed by atoms with Crippen LogP contribution < -0.4 is 4.74 Å². The number of benzene rings is 1. The molecular weight excluding hydrogens is 356 g/mol. The molecule has 0 aromatic heterocycles. The molecule has 0 spiro atoms. The van der Waals surface area contributed by atoms with Gasteiger partial charge in [0.2, 0.25) is 10.0 Å². The predicted molar refractivity (Wildman–Crippen MR) is 96.9 cm³/mol. The van der Waals surface area contributed by atoms with Crippen LogP contribution in [0.5, 0.6) is 5.75 Å². The van der Waals surface area contributed by atoms with E-state index in [9.17, 15) is 13.2 Å². The zero-order valence-corrected chi connectivity index (χ0v) is 16.1. The Kier molecular flexibility index (Phi) is 5.84. The van der Waals surface area contributed by atoms with Crippen LogP contribution in [0.25, 0.3) is 0 Å². The molecule has 26 heavy (non-hydrogen) atoms. The second-order valence-electron chi connectivity index (χ2n) is 6.88. The van der Waals surface area contributed by atoms with Gasteiger partial charge in [0.25, 0.3) is 5.91 Å². The zero-order valence-electron chi connectivity index (χ0n) is 15.3. The van der Waals surface area contributed by atoms with E-state index in [4.69, 9.17) is 9.47 Å². The van der Waals surface area contributed by atoms with Crippen LogP contribution in [0.3, 0.4) is 0 Å². The Morgan fingerprint density at radius 2 is 1.96 bits per heavy atom. The van der Waals surface area contributed by atoms with Crippen LogP contribution in [0.1, 0.15) is 30.1 Å². The molecule has 1 aromatic carbocycles. The van der Waals surface area contributed by atoms with Crippen molar-refractivity contribution in [2.24, 2.45) is 5.92 Å². The van der Waals surface area contributed by atoms with Gasteiger partial charge in [-0.2, -0.15) is 4.31 Å². The van der Waals surface area contributed by atoms with E-state index in [-0.39, 0.29) is 16.4 Å². The van der Waals surface area contributed by atoms with Crippen molar-refractivity contribution in [2.75, 3.05) is 46.5 Å². The number of piperidine rings is 1. The van der Waals surface area contributed by atoms with Gasteiger partial charge in [-0.05, 0) is 37.0 Å². The summed E-state index contributed by atoms with van der Waals surface area (Å²) < 4.78 is 38.1. The van der Waals surface area contributed by atoms with E-state index < -0.39 is 10.0 Å². The molecule has 0 saturated carbocycles. The van der Waals surface area contributed by atoms with Crippen molar-refractivity contribution in [3.05, 3.63) is 23.8 Å². The number of methoxy groups -OCH3 is 1. The summed E-state index contributed by atoms with van der Waals surface area (Å²) in [6.07, 6.45) is 1.89. The fourth-order valence-electron chi connectivity index (χ4n) is 3.47. The number of carbonyl (C=O) groups is 1. The normalized spacial score (nSPS) is 22.2. The Morgan fingerprint density at radius 1 is 1.23 bits per heavy atom. The summed E-state index contributed by atoms with van der Waals surface area (Å²) >= 11 is 0. The molecule has 2 heterocycles. The van der Waals surface area contributed by atoms with Crippen molar-refractivity contribution in [3.63, 3.8) is 0 Å². The van der Waals surface area contributed by atoms with E-state index >= 15 is 0 Å². The summed E-state index contributed by atoms with van der Waals surface area (Å²) in [6, 6.07) is 4.53. The zero-order chi connectivity index (χ0) is 18.7. The molecular formula is C18H26N2O5S. The Labute approximate surface area is 154 Å². The highest BCUT2D eigenvalue weighted by molar-refractivity contribution is 7.89. The van der Waals surface area contributed by atoms with Crippen LogP contribution in [0.2, 0.25) is 0 Å². The summed E-state index contributed by atoms with van der Waals surface area (Å²) in [7, 11) is -2.15. The molecule has 3 rings (SSSR count). The van der Waals surface area contributed by atoms with Gasteiger partial charge in [0, 0.05) is 26.2 Å². The van der Waals surface area contributed by atoms with Gasteiger partial charge in [0.15, 0.2) is 0 Å². The third-order valence-corrected chi connectivity index (χ3v) is 6.82. The molecule has 0 N–H and O–H groups in total. The van der Waals surface area contributed by atoms with Crippen molar-refractivity contribution in [3.8, 4) is 5.75 Å². The summed E-state index contributed by atoms with van der Waals surface area (Å²) in [4.78, 5) is 14.7. The fourth-order valence-corrected chi connectivity index (χ4v) is 5.09. The topological polar surface area (TPSA) is 76.2 Å². The maximum atomic E-state index is 13.0. The van der Waals surface area contributed by atoms with Gasteiger partial charge in [0.05, 0.1) is 30.8 Å². The first kappa shape index (κ1) is 19.1. The van der Waals surface area contributed by atoms with Gasteiger partial charge in [0.1, 0.15) is 5.75 Å². The number of rotatable bonds is 4. The fraction of sp³-hybridized carbons (Fsp3) is 0.611. The first-order valence-electron chi connectivity index (χ1n) is 8.98.